The second kappa shape index (κ2) is 14.1. The first-order chi connectivity index (χ1) is 32.2. The van der Waals surface area contributed by atoms with Gasteiger partial charge in [-0.1, -0.05) is 176 Å². The highest BCUT2D eigenvalue weighted by atomic mass is 32.2. The Morgan fingerprint density at radius 2 is 0.923 bits per heavy atom. The maximum atomic E-state index is 5.44. The van der Waals surface area contributed by atoms with Crippen molar-refractivity contribution < 1.29 is 0 Å². The molecule has 3 aromatic heterocycles. The molecule has 1 aliphatic heterocycles. The smallest absolute Gasteiger partial charge is 0.165 e. The van der Waals surface area contributed by atoms with Crippen LogP contribution in [0, 0.1) is 0 Å². The van der Waals surface area contributed by atoms with Crippen molar-refractivity contribution in [3.63, 3.8) is 0 Å². The average molecular weight is 863 g/mol. The van der Waals surface area contributed by atoms with Crippen LogP contribution in [0.2, 0.25) is 0 Å². The van der Waals surface area contributed by atoms with E-state index in [0.29, 0.717) is 17.5 Å². The Morgan fingerprint density at radius 1 is 0.338 bits per heavy atom. The van der Waals surface area contributed by atoms with Crippen LogP contribution >= 0.6 is 23.1 Å². The summed E-state index contributed by atoms with van der Waals surface area (Å²) in [4.78, 5) is 23.5. The lowest BCUT2D eigenvalue weighted by atomic mass is 9.67. The molecule has 0 radical (unpaired) electrons. The van der Waals surface area contributed by atoms with Gasteiger partial charge in [-0.15, -0.1) is 11.3 Å². The zero-order valence-electron chi connectivity index (χ0n) is 34.7. The van der Waals surface area contributed by atoms with E-state index in [1.165, 1.54) is 68.7 Å². The van der Waals surface area contributed by atoms with E-state index in [0.717, 1.165) is 44.2 Å². The molecule has 9 aromatic carbocycles. The summed E-state index contributed by atoms with van der Waals surface area (Å²) in [6.07, 6.45) is 0. The minimum Gasteiger partial charge on any atom is -0.247 e. The summed E-state index contributed by atoms with van der Waals surface area (Å²) < 4.78 is 2.42. The summed E-state index contributed by atoms with van der Waals surface area (Å²) in [5.74, 6) is 1.93. The van der Waals surface area contributed by atoms with Gasteiger partial charge in [-0.3, -0.25) is 0 Å². The van der Waals surface area contributed by atoms with Crippen molar-refractivity contribution in [2.45, 2.75) is 15.2 Å². The van der Waals surface area contributed by atoms with Crippen LogP contribution < -0.4 is 0 Å². The molecular weight excluding hydrogens is 829 g/mol. The third-order valence-electron chi connectivity index (χ3n) is 13.4. The van der Waals surface area contributed by atoms with Crippen LogP contribution in [0.25, 0.3) is 98.4 Å². The third-order valence-corrected chi connectivity index (χ3v) is 15.8. The second-order valence-corrected chi connectivity index (χ2v) is 19.0. The van der Waals surface area contributed by atoms with Crippen LogP contribution in [-0.4, -0.2) is 19.9 Å². The minimum absolute atomic E-state index is 0.463. The molecule has 65 heavy (non-hydrogen) atoms. The quantitative estimate of drug-likeness (QED) is 0.165. The largest absolute Gasteiger partial charge is 0.247 e. The fourth-order valence-corrected chi connectivity index (χ4v) is 13.0. The van der Waals surface area contributed by atoms with Gasteiger partial charge in [0.2, 0.25) is 0 Å². The number of aromatic nitrogens is 4. The first-order valence-corrected chi connectivity index (χ1v) is 23.5. The summed E-state index contributed by atoms with van der Waals surface area (Å²) in [6.45, 7) is 0. The van der Waals surface area contributed by atoms with Gasteiger partial charge in [0.1, 0.15) is 0 Å². The number of para-hydroxylation sites is 1. The molecule has 0 bridgehead atoms. The highest BCUT2D eigenvalue weighted by Gasteiger charge is 2.50. The van der Waals surface area contributed by atoms with Crippen LogP contribution in [0.4, 0.5) is 0 Å². The van der Waals surface area contributed by atoms with Gasteiger partial charge in [0.25, 0.3) is 0 Å². The Hall–Kier alpha value is -7.77. The standard InChI is InChI=1S/C59H34N4S2/c1-2-15-36(16-3-1)56-61-57(63-58(62-56)42-21-14-20-41-40-19-6-11-26-51(40)65-55(41)42)37-31-29-35(30-32-37)54-45-33-44-38-17-4-7-22-46(38)59(49(44)34-43(45)39-18-5-10-25-50(39)60-54)47-23-8-12-27-52(47)64-53-28-13-9-24-48(53)59/h1-34H. The van der Waals surface area contributed by atoms with Crippen LogP contribution in [0.15, 0.2) is 216 Å². The zero-order chi connectivity index (χ0) is 42.6. The molecule has 0 saturated heterocycles. The summed E-state index contributed by atoms with van der Waals surface area (Å²) in [5.41, 5.74) is 13.2. The van der Waals surface area contributed by atoms with E-state index in [9.17, 15) is 0 Å². The van der Waals surface area contributed by atoms with Crippen molar-refractivity contribution in [2.75, 3.05) is 0 Å². The predicted octanol–water partition coefficient (Wildman–Crippen LogP) is 15.4. The first kappa shape index (κ1) is 36.7. The number of benzene rings is 9. The average Bonchev–Trinajstić information content (AvgIpc) is 3.89. The number of pyridine rings is 1. The van der Waals surface area contributed by atoms with Crippen LogP contribution in [0.5, 0.6) is 0 Å². The fraction of sp³-hybridized carbons (Fsp3) is 0.0169. The topological polar surface area (TPSA) is 51.6 Å². The Labute approximate surface area is 383 Å². The van der Waals surface area contributed by atoms with Crippen LogP contribution in [0.1, 0.15) is 22.3 Å². The van der Waals surface area contributed by atoms with Crippen molar-refractivity contribution in [2.24, 2.45) is 0 Å². The van der Waals surface area contributed by atoms with Gasteiger partial charge in [0, 0.05) is 63.0 Å². The van der Waals surface area contributed by atoms with E-state index < -0.39 is 5.41 Å². The lowest BCUT2D eigenvalue weighted by Crippen LogP contribution is -2.31. The Bertz CT molecular complexity index is 3890. The maximum absolute atomic E-state index is 5.44. The molecule has 4 heterocycles. The summed E-state index contributed by atoms with van der Waals surface area (Å²) in [7, 11) is 0. The van der Waals surface area contributed by atoms with E-state index in [2.05, 4.69) is 188 Å². The molecule has 0 unspecified atom stereocenters. The van der Waals surface area contributed by atoms with Crippen molar-refractivity contribution in [3.8, 4) is 56.5 Å². The number of hydrogen-bond donors (Lipinski definition) is 0. The van der Waals surface area contributed by atoms with Gasteiger partial charge in [0.05, 0.1) is 16.6 Å². The van der Waals surface area contributed by atoms with Crippen LogP contribution in [-0.2, 0) is 5.41 Å². The molecule has 302 valence electrons. The van der Waals surface area contributed by atoms with Gasteiger partial charge in [-0.25, -0.2) is 19.9 Å². The van der Waals surface area contributed by atoms with E-state index in [1.807, 2.05) is 30.0 Å². The van der Waals surface area contributed by atoms with Crippen molar-refractivity contribution in [1.29, 1.82) is 0 Å². The summed E-state index contributed by atoms with van der Waals surface area (Å²) in [5, 5.41) is 5.92. The molecule has 4 nitrogen and oxygen atoms in total. The number of thiophene rings is 1. The Balaban J connectivity index is 0.960. The fourth-order valence-electron chi connectivity index (χ4n) is 10.6. The molecule has 0 saturated carbocycles. The second-order valence-electron chi connectivity index (χ2n) is 16.8. The molecule has 0 fully saturated rings. The minimum atomic E-state index is -0.463. The number of rotatable bonds is 4. The van der Waals surface area contributed by atoms with Gasteiger partial charge >= 0.3 is 0 Å². The molecule has 0 amide bonds. The van der Waals surface area contributed by atoms with Crippen LogP contribution in [0.3, 0.4) is 0 Å². The normalized spacial score (nSPS) is 13.3. The summed E-state index contributed by atoms with van der Waals surface area (Å²) >= 11 is 3.66. The van der Waals surface area contributed by atoms with Gasteiger partial charge < -0.3 is 0 Å². The molecule has 1 aliphatic carbocycles. The Morgan fingerprint density at radius 3 is 1.71 bits per heavy atom. The maximum Gasteiger partial charge on any atom is 0.165 e. The third kappa shape index (κ3) is 5.39. The lowest BCUT2D eigenvalue weighted by molar-refractivity contribution is 0.723. The number of nitrogens with zero attached hydrogens (tertiary/aromatic N) is 4. The van der Waals surface area contributed by atoms with Crippen molar-refractivity contribution in [1.82, 2.24) is 19.9 Å². The van der Waals surface area contributed by atoms with E-state index in [1.54, 1.807) is 11.3 Å². The highest BCUT2D eigenvalue weighted by molar-refractivity contribution is 7.99. The number of hydrogen-bond acceptors (Lipinski definition) is 6. The van der Waals surface area contributed by atoms with Gasteiger partial charge in [0.15, 0.2) is 17.5 Å². The molecular formula is C59H34N4S2. The lowest BCUT2D eigenvalue weighted by Gasteiger charge is -2.39. The van der Waals surface area contributed by atoms with Crippen molar-refractivity contribution in [3.05, 3.63) is 229 Å². The molecule has 12 aromatic rings. The highest BCUT2D eigenvalue weighted by Crippen LogP contribution is 2.63. The molecule has 0 atom stereocenters. The van der Waals surface area contributed by atoms with Gasteiger partial charge in [-0.2, -0.15) is 0 Å². The monoisotopic (exact) mass is 862 g/mol. The number of fused-ring (bicyclic) bond motifs is 15. The zero-order valence-corrected chi connectivity index (χ0v) is 36.4. The molecule has 2 aliphatic rings. The van der Waals surface area contributed by atoms with E-state index >= 15 is 0 Å². The molecule has 14 rings (SSSR count). The SMILES string of the molecule is c1ccc(-c2nc(-c3ccc(-c4nc5ccccc5c5cc6c(cc45)-c4ccccc4C64c5ccccc5Sc5ccccc54)cc3)nc(-c3cccc4c3sc3ccccc34)n2)cc1. The molecule has 0 N–H and O–H groups in total. The Kier molecular flexibility index (Phi) is 7.97. The van der Waals surface area contributed by atoms with Crippen molar-refractivity contribution >= 4 is 64.9 Å². The molecule has 1 spiro atoms. The summed E-state index contributed by atoms with van der Waals surface area (Å²) in [6, 6.07) is 74.3. The van der Waals surface area contributed by atoms with Gasteiger partial charge in [-0.05, 0) is 81.2 Å². The van der Waals surface area contributed by atoms with E-state index in [4.69, 9.17) is 19.9 Å². The first-order valence-electron chi connectivity index (χ1n) is 21.9. The van der Waals surface area contributed by atoms with E-state index in [-0.39, 0.29) is 0 Å². The predicted molar refractivity (Wildman–Crippen MR) is 269 cm³/mol. The molecule has 6 heteroatoms.